The molecule has 1 aliphatic carbocycles. The third kappa shape index (κ3) is 1.73. The van der Waals surface area contributed by atoms with Crippen LogP contribution in [0.5, 0.6) is 0 Å². The van der Waals surface area contributed by atoms with Gasteiger partial charge >= 0.3 is 0 Å². The first-order valence-corrected chi connectivity index (χ1v) is 4.14. The highest BCUT2D eigenvalue weighted by molar-refractivity contribution is 5.01. The molecule has 0 unspecified atom stereocenters. The van der Waals surface area contributed by atoms with Crippen LogP contribution >= 0.6 is 0 Å². The van der Waals surface area contributed by atoms with Gasteiger partial charge in [-0.15, -0.1) is 0 Å². The van der Waals surface area contributed by atoms with Crippen molar-refractivity contribution in [1.82, 2.24) is 0 Å². The highest BCUT2D eigenvalue weighted by atomic mass is 14.2. The minimum Gasteiger partial charge on any atom is -0.0914 e. The van der Waals surface area contributed by atoms with Gasteiger partial charge in [0.1, 0.15) is 0 Å². The first-order chi connectivity index (χ1) is 4.84. The van der Waals surface area contributed by atoms with Gasteiger partial charge in [0.25, 0.3) is 0 Å². The molecule has 0 bridgehead atoms. The molecule has 0 spiro atoms. The second kappa shape index (κ2) is 3.60. The fraction of sp³-hybridized carbons (Fsp3) is 0.600. The van der Waals surface area contributed by atoms with Gasteiger partial charge in [-0.2, -0.15) is 0 Å². The van der Waals surface area contributed by atoms with Crippen LogP contribution in [-0.2, 0) is 0 Å². The van der Waals surface area contributed by atoms with Crippen LogP contribution in [0.15, 0.2) is 24.3 Å². The molecule has 1 aliphatic rings. The topological polar surface area (TPSA) is 0 Å². The predicted octanol–water partition coefficient (Wildman–Crippen LogP) is 3.16. The fourth-order valence-electron chi connectivity index (χ4n) is 1.52. The summed E-state index contributed by atoms with van der Waals surface area (Å²) in [5.41, 5.74) is 0. The van der Waals surface area contributed by atoms with Gasteiger partial charge in [0.05, 0.1) is 0 Å². The second-order valence-electron chi connectivity index (χ2n) is 3.05. The van der Waals surface area contributed by atoms with E-state index in [1.807, 2.05) is 0 Å². The predicted molar refractivity (Wildman–Crippen MR) is 45.8 cm³/mol. The summed E-state index contributed by atoms with van der Waals surface area (Å²) in [5, 5.41) is 0. The van der Waals surface area contributed by atoms with Gasteiger partial charge in [-0.1, -0.05) is 31.2 Å². The van der Waals surface area contributed by atoms with E-state index in [-0.39, 0.29) is 0 Å². The van der Waals surface area contributed by atoms with E-state index in [0.29, 0.717) is 0 Å². The molecule has 0 nitrogen and oxygen atoms in total. The summed E-state index contributed by atoms with van der Waals surface area (Å²) in [6.45, 7) is 4.39. The van der Waals surface area contributed by atoms with Crippen LogP contribution in [0.1, 0.15) is 26.7 Å². The number of hydrogen-bond acceptors (Lipinski definition) is 0. The summed E-state index contributed by atoms with van der Waals surface area (Å²) in [7, 11) is 0. The summed E-state index contributed by atoms with van der Waals surface area (Å²) < 4.78 is 0. The van der Waals surface area contributed by atoms with E-state index in [1.54, 1.807) is 0 Å². The van der Waals surface area contributed by atoms with Crippen LogP contribution in [0, 0.1) is 11.8 Å². The number of rotatable bonds is 1. The molecule has 0 heteroatoms. The Morgan fingerprint density at radius 3 is 2.90 bits per heavy atom. The van der Waals surface area contributed by atoms with Gasteiger partial charge in [-0.3, -0.25) is 0 Å². The van der Waals surface area contributed by atoms with Crippen LogP contribution < -0.4 is 0 Å². The van der Waals surface area contributed by atoms with Gasteiger partial charge in [0.15, 0.2) is 0 Å². The lowest BCUT2D eigenvalue weighted by molar-refractivity contribution is 0.459. The molecule has 0 aromatic carbocycles. The highest BCUT2D eigenvalue weighted by Gasteiger charge is 2.13. The molecule has 0 aromatic rings. The Balaban J connectivity index is 2.52. The molecule has 2 atom stereocenters. The van der Waals surface area contributed by atoms with Crippen LogP contribution in [0.2, 0.25) is 0 Å². The molecule has 0 aromatic heterocycles. The van der Waals surface area contributed by atoms with Crippen molar-refractivity contribution in [3.05, 3.63) is 24.3 Å². The maximum Gasteiger partial charge on any atom is -0.0170 e. The van der Waals surface area contributed by atoms with E-state index in [9.17, 15) is 0 Å². The number of hydrogen-bond donors (Lipinski definition) is 0. The zero-order chi connectivity index (χ0) is 7.40. The zero-order valence-electron chi connectivity index (χ0n) is 6.88. The summed E-state index contributed by atoms with van der Waals surface area (Å²) in [6, 6.07) is 0. The van der Waals surface area contributed by atoms with E-state index >= 15 is 0 Å². The largest absolute Gasteiger partial charge is 0.0914 e. The lowest BCUT2D eigenvalue weighted by Gasteiger charge is -2.20. The van der Waals surface area contributed by atoms with E-state index in [4.69, 9.17) is 0 Å². The van der Waals surface area contributed by atoms with Gasteiger partial charge in [-0.05, 0) is 31.6 Å². The molecule has 10 heavy (non-hydrogen) atoms. The van der Waals surface area contributed by atoms with Crippen LogP contribution in [0.25, 0.3) is 0 Å². The SMILES string of the molecule is C/C=C/[C@@H]1CCC=C[C@H]1C. The Labute approximate surface area is 63.6 Å². The van der Waals surface area contributed by atoms with Crippen molar-refractivity contribution in [2.45, 2.75) is 26.7 Å². The van der Waals surface area contributed by atoms with Gasteiger partial charge in [0.2, 0.25) is 0 Å². The van der Waals surface area contributed by atoms with Crippen LogP contribution in [-0.4, -0.2) is 0 Å². The monoisotopic (exact) mass is 136 g/mol. The second-order valence-corrected chi connectivity index (χ2v) is 3.05. The average molecular weight is 136 g/mol. The van der Waals surface area contributed by atoms with E-state index < -0.39 is 0 Å². The smallest absolute Gasteiger partial charge is 0.0170 e. The van der Waals surface area contributed by atoms with Crippen LogP contribution in [0.4, 0.5) is 0 Å². The highest BCUT2D eigenvalue weighted by Crippen LogP contribution is 2.24. The zero-order valence-corrected chi connectivity index (χ0v) is 6.88. The summed E-state index contributed by atoms with van der Waals surface area (Å²) >= 11 is 0. The third-order valence-electron chi connectivity index (χ3n) is 2.22. The standard InChI is InChI=1S/C10H16/c1-3-6-10-8-5-4-7-9(10)2/h3-4,6-7,9-10H,5,8H2,1-2H3/b6-3+/t9-,10-/m1/s1. The first kappa shape index (κ1) is 7.59. The fourth-order valence-corrected chi connectivity index (χ4v) is 1.52. The summed E-state index contributed by atoms with van der Waals surface area (Å²) in [4.78, 5) is 0. The number of allylic oxidation sites excluding steroid dienone is 4. The van der Waals surface area contributed by atoms with Gasteiger partial charge in [0, 0.05) is 0 Å². The van der Waals surface area contributed by atoms with Crippen molar-refractivity contribution in [2.24, 2.45) is 11.8 Å². The van der Waals surface area contributed by atoms with E-state index in [0.717, 1.165) is 11.8 Å². The van der Waals surface area contributed by atoms with Crippen molar-refractivity contribution in [2.75, 3.05) is 0 Å². The minimum absolute atomic E-state index is 0.755. The molecule has 0 fully saturated rings. The van der Waals surface area contributed by atoms with Gasteiger partial charge in [-0.25, -0.2) is 0 Å². The lowest BCUT2D eigenvalue weighted by atomic mass is 9.85. The Bertz CT molecular complexity index is 142. The molecule has 0 N–H and O–H groups in total. The van der Waals surface area contributed by atoms with Crippen molar-refractivity contribution in [1.29, 1.82) is 0 Å². The first-order valence-electron chi connectivity index (χ1n) is 4.14. The molecule has 0 heterocycles. The molecular weight excluding hydrogens is 120 g/mol. The van der Waals surface area contributed by atoms with Crippen molar-refractivity contribution in [3.8, 4) is 0 Å². The van der Waals surface area contributed by atoms with E-state index in [2.05, 4.69) is 38.2 Å². The van der Waals surface area contributed by atoms with Crippen LogP contribution in [0.3, 0.4) is 0 Å². The Morgan fingerprint density at radius 1 is 1.50 bits per heavy atom. The van der Waals surface area contributed by atoms with Crippen molar-refractivity contribution >= 4 is 0 Å². The maximum absolute atomic E-state index is 2.33. The molecule has 0 radical (unpaired) electrons. The normalized spacial score (nSPS) is 33.4. The average Bonchev–Trinajstić information content (AvgIpc) is 1.94. The quantitative estimate of drug-likeness (QED) is 0.486. The molecule has 0 saturated heterocycles. The Hall–Kier alpha value is -0.520. The molecule has 0 amide bonds. The molecule has 0 saturated carbocycles. The van der Waals surface area contributed by atoms with Gasteiger partial charge < -0.3 is 0 Å². The minimum atomic E-state index is 0.755. The summed E-state index contributed by atoms with van der Waals surface area (Å²) in [6.07, 6.45) is 11.7. The van der Waals surface area contributed by atoms with Crippen molar-refractivity contribution < 1.29 is 0 Å². The molecular formula is C10H16. The van der Waals surface area contributed by atoms with E-state index in [1.165, 1.54) is 12.8 Å². The molecule has 56 valence electrons. The molecule has 1 rings (SSSR count). The third-order valence-corrected chi connectivity index (χ3v) is 2.22. The summed E-state index contributed by atoms with van der Waals surface area (Å²) in [5.74, 6) is 1.56. The Morgan fingerprint density at radius 2 is 2.30 bits per heavy atom. The maximum atomic E-state index is 2.33. The Kier molecular flexibility index (Phi) is 2.73. The lowest BCUT2D eigenvalue weighted by Crippen LogP contribution is -2.09. The molecule has 0 aliphatic heterocycles. The van der Waals surface area contributed by atoms with Crippen molar-refractivity contribution in [3.63, 3.8) is 0 Å².